The van der Waals surface area contributed by atoms with Crippen LogP contribution in [0.3, 0.4) is 0 Å². The van der Waals surface area contributed by atoms with E-state index in [1.165, 1.54) is 6.42 Å². The smallest absolute Gasteiger partial charge is 0.162 e. The van der Waals surface area contributed by atoms with Gasteiger partial charge in [0, 0.05) is 13.1 Å². The number of nitrogens with zero attached hydrogens (tertiary/aromatic N) is 3. The van der Waals surface area contributed by atoms with Gasteiger partial charge in [-0.15, -0.1) is 5.10 Å². The molecule has 1 aliphatic rings. The van der Waals surface area contributed by atoms with Gasteiger partial charge in [-0.2, -0.15) is 5.10 Å². The number of amidine groups is 1. The average molecular weight is 275 g/mol. The van der Waals surface area contributed by atoms with Gasteiger partial charge >= 0.3 is 0 Å². The minimum Gasteiger partial charge on any atom is -0.384 e. The van der Waals surface area contributed by atoms with E-state index in [4.69, 9.17) is 11.1 Å². The van der Waals surface area contributed by atoms with Crippen molar-refractivity contribution in [3.8, 4) is 0 Å². The van der Waals surface area contributed by atoms with E-state index in [1.807, 2.05) is 13.8 Å². The predicted molar refractivity (Wildman–Crippen MR) is 82.4 cm³/mol. The minimum absolute atomic E-state index is 0.0824. The second-order valence-electron chi connectivity index (χ2n) is 6.53. The van der Waals surface area contributed by atoms with Gasteiger partial charge in [0.25, 0.3) is 0 Å². The lowest BCUT2D eigenvalue weighted by atomic mass is 9.85. The molecule has 2 rings (SSSR count). The molecule has 110 valence electrons. The van der Waals surface area contributed by atoms with Crippen molar-refractivity contribution in [1.29, 1.82) is 5.41 Å². The highest BCUT2D eigenvalue weighted by molar-refractivity contribution is 6.01. The van der Waals surface area contributed by atoms with E-state index in [0.29, 0.717) is 5.41 Å². The van der Waals surface area contributed by atoms with Crippen LogP contribution in [0.15, 0.2) is 0 Å². The summed E-state index contributed by atoms with van der Waals surface area (Å²) in [5.41, 5.74) is 8.70. The molecule has 2 heterocycles. The molecule has 0 amide bonds. The molecule has 1 aromatic heterocycles. The molecule has 0 radical (unpaired) electrons. The number of aromatic nitrogens is 2. The Hall–Kier alpha value is -1.65. The summed E-state index contributed by atoms with van der Waals surface area (Å²) >= 11 is 0. The van der Waals surface area contributed by atoms with Crippen molar-refractivity contribution in [3.05, 3.63) is 16.8 Å². The number of rotatable bonds is 2. The Labute approximate surface area is 121 Å². The molecule has 5 heteroatoms. The first-order chi connectivity index (χ1) is 9.32. The predicted octanol–water partition coefficient (Wildman–Crippen LogP) is 2.39. The number of nitrogen functional groups attached to an aromatic ring is 1. The summed E-state index contributed by atoms with van der Waals surface area (Å²) in [6.07, 6.45) is 3.48. The SMILES string of the molecule is Cc1nnc(N2CCCC(C)(C)CC2)c(C(=N)N)c1C. The van der Waals surface area contributed by atoms with E-state index >= 15 is 0 Å². The van der Waals surface area contributed by atoms with Crippen LogP contribution in [0.4, 0.5) is 5.82 Å². The lowest BCUT2D eigenvalue weighted by Crippen LogP contribution is -2.30. The second-order valence-corrected chi connectivity index (χ2v) is 6.53. The summed E-state index contributed by atoms with van der Waals surface area (Å²) in [7, 11) is 0. The Morgan fingerprint density at radius 2 is 1.90 bits per heavy atom. The van der Waals surface area contributed by atoms with Crippen molar-refractivity contribution in [2.75, 3.05) is 18.0 Å². The van der Waals surface area contributed by atoms with Gasteiger partial charge in [0.1, 0.15) is 5.84 Å². The van der Waals surface area contributed by atoms with Crippen LogP contribution in [0.2, 0.25) is 0 Å². The molecule has 20 heavy (non-hydrogen) atoms. The van der Waals surface area contributed by atoms with E-state index in [-0.39, 0.29) is 5.84 Å². The number of hydrogen-bond acceptors (Lipinski definition) is 4. The molecule has 0 saturated carbocycles. The van der Waals surface area contributed by atoms with Crippen LogP contribution in [0.5, 0.6) is 0 Å². The van der Waals surface area contributed by atoms with Crippen molar-refractivity contribution >= 4 is 11.7 Å². The topological polar surface area (TPSA) is 78.9 Å². The third kappa shape index (κ3) is 2.92. The normalized spacial score (nSPS) is 18.7. The van der Waals surface area contributed by atoms with E-state index in [1.54, 1.807) is 0 Å². The van der Waals surface area contributed by atoms with Gasteiger partial charge < -0.3 is 10.6 Å². The maximum Gasteiger partial charge on any atom is 0.162 e. The monoisotopic (exact) mass is 275 g/mol. The van der Waals surface area contributed by atoms with Crippen LogP contribution in [0, 0.1) is 24.7 Å². The number of hydrogen-bond donors (Lipinski definition) is 2. The molecule has 0 aliphatic carbocycles. The fraction of sp³-hybridized carbons (Fsp3) is 0.667. The molecule has 1 aromatic rings. The average Bonchev–Trinajstić information content (AvgIpc) is 2.53. The molecule has 0 bridgehead atoms. The van der Waals surface area contributed by atoms with Gasteiger partial charge in [0.2, 0.25) is 0 Å². The largest absolute Gasteiger partial charge is 0.384 e. The fourth-order valence-corrected chi connectivity index (χ4v) is 2.77. The summed E-state index contributed by atoms with van der Waals surface area (Å²) in [5, 5.41) is 16.4. The molecule has 1 aliphatic heterocycles. The zero-order valence-electron chi connectivity index (χ0n) is 13.0. The van der Waals surface area contributed by atoms with Crippen LogP contribution in [-0.4, -0.2) is 29.1 Å². The van der Waals surface area contributed by atoms with E-state index in [0.717, 1.165) is 48.6 Å². The molecule has 0 atom stereocenters. The lowest BCUT2D eigenvalue weighted by Gasteiger charge is -2.26. The first-order valence-electron chi connectivity index (χ1n) is 7.25. The van der Waals surface area contributed by atoms with Gasteiger partial charge in [-0.3, -0.25) is 5.41 Å². The maximum absolute atomic E-state index is 7.85. The maximum atomic E-state index is 7.85. The van der Waals surface area contributed by atoms with Crippen LogP contribution in [-0.2, 0) is 0 Å². The number of anilines is 1. The molecule has 1 saturated heterocycles. The van der Waals surface area contributed by atoms with Crippen LogP contribution >= 0.6 is 0 Å². The summed E-state index contributed by atoms with van der Waals surface area (Å²) < 4.78 is 0. The Balaban J connectivity index is 2.38. The molecule has 0 unspecified atom stereocenters. The number of nitrogens with one attached hydrogen (secondary N) is 1. The Kier molecular flexibility index (Phi) is 3.97. The minimum atomic E-state index is 0.0824. The summed E-state index contributed by atoms with van der Waals surface area (Å²) in [6.45, 7) is 10.4. The molecule has 0 aromatic carbocycles. The van der Waals surface area contributed by atoms with Crippen LogP contribution in [0.25, 0.3) is 0 Å². The fourth-order valence-electron chi connectivity index (χ4n) is 2.77. The van der Waals surface area contributed by atoms with Crippen molar-refractivity contribution in [3.63, 3.8) is 0 Å². The standard InChI is InChI=1S/C15H25N5/c1-10-11(2)18-19-14(12(10)13(16)17)20-8-5-6-15(3,4)7-9-20/h5-9H2,1-4H3,(H3,16,17). The van der Waals surface area contributed by atoms with Gasteiger partial charge in [0.15, 0.2) is 5.82 Å². The molecular formula is C15H25N5. The quantitative estimate of drug-likeness (QED) is 0.641. The summed E-state index contributed by atoms with van der Waals surface area (Å²) in [5.74, 6) is 0.859. The first-order valence-corrected chi connectivity index (χ1v) is 7.25. The van der Waals surface area contributed by atoms with Crippen molar-refractivity contribution < 1.29 is 0 Å². The summed E-state index contributed by atoms with van der Waals surface area (Å²) in [6, 6.07) is 0. The van der Waals surface area contributed by atoms with Gasteiger partial charge in [-0.1, -0.05) is 13.8 Å². The number of aryl methyl sites for hydroxylation is 1. The highest BCUT2D eigenvalue weighted by Crippen LogP contribution is 2.32. The first kappa shape index (κ1) is 14.8. The van der Waals surface area contributed by atoms with E-state index in [2.05, 4.69) is 28.9 Å². The van der Waals surface area contributed by atoms with Gasteiger partial charge in [0.05, 0.1) is 11.3 Å². The second kappa shape index (κ2) is 5.38. The van der Waals surface area contributed by atoms with Crippen molar-refractivity contribution in [2.45, 2.75) is 47.0 Å². The molecule has 0 spiro atoms. The highest BCUT2D eigenvalue weighted by Gasteiger charge is 2.26. The Bertz CT molecular complexity index is 521. The summed E-state index contributed by atoms with van der Waals surface area (Å²) in [4.78, 5) is 2.24. The highest BCUT2D eigenvalue weighted by atomic mass is 15.3. The molecule has 5 nitrogen and oxygen atoms in total. The zero-order valence-corrected chi connectivity index (χ0v) is 13.0. The third-order valence-corrected chi connectivity index (χ3v) is 4.34. The Morgan fingerprint density at radius 3 is 2.55 bits per heavy atom. The Morgan fingerprint density at radius 1 is 1.20 bits per heavy atom. The van der Waals surface area contributed by atoms with Gasteiger partial charge in [-0.25, -0.2) is 0 Å². The zero-order chi connectivity index (χ0) is 14.9. The van der Waals surface area contributed by atoms with Crippen molar-refractivity contribution in [1.82, 2.24) is 10.2 Å². The van der Waals surface area contributed by atoms with Crippen molar-refractivity contribution in [2.24, 2.45) is 11.1 Å². The molecule has 1 fully saturated rings. The molecular weight excluding hydrogens is 250 g/mol. The van der Waals surface area contributed by atoms with Crippen LogP contribution < -0.4 is 10.6 Å². The lowest BCUT2D eigenvalue weighted by molar-refractivity contribution is 0.325. The van der Waals surface area contributed by atoms with E-state index < -0.39 is 0 Å². The number of nitrogens with two attached hydrogens (primary N) is 1. The van der Waals surface area contributed by atoms with Gasteiger partial charge in [-0.05, 0) is 44.1 Å². The van der Waals surface area contributed by atoms with E-state index in [9.17, 15) is 0 Å². The third-order valence-electron chi connectivity index (χ3n) is 4.34. The molecule has 3 N–H and O–H groups in total. The van der Waals surface area contributed by atoms with Crippen LogP contribution in [0.1, 0.15) is 49.9 Å².